The van der Waals surface area contributed by atoms with Crippen LogP contribution >= 0.6 is 11.6 Å². The van der Waals surface area contributed by atoms with Crippen molar-refractivity contribution in [1.29, 1.82) is 0 Å². The number of aryl methyl sites for hydroxylation is 2. The Hall–Kier alpha value is -2.64. The number of nitrogens with one attached hydrogen (secondary N) is 1. The van der Waals surface area contributed by atoms with Crippen LogP contribution in [0, 0.1) is 13.8 Å². The molecule has 1 aromatic heterocycles. The van der Waals surface area contributed by atoms with E-state index in [4.69, 9.17) is 11.6 Å². The summed E-state index contributed by atoms with van der Waals surface area (Å²) in [6.07, 6.45) is 3.30. The van der Waals surface area contributed by atoms with Gasteiger partial charge in [-0.2, -0.15) is 5.10 Å². The Kier molecular flexibility index (Phi) is 7.29. The molecule has 7 nitrogen and oxygen atoms in total. The van der Waals surface area contributed by atoms with Crippen LogP contribution in [0.25, 0.3) is 6.08 Å². The van der Waals surface area contributed by atoms with E-state index in [-0.39, 0.29) is 11.8 Å². The maximum Gasteiger partial charge on any atom is 0.246 e. The number of benzene rings is 1. The molecular formula is C22H28ClN5O2. The summed E-state index contributed by atoms with van der Waals surface area (Å²) in [7, 11) is 1.63. The molecular weight excluding hydrogens is 402 g/mol. The predicted molar refractivity (Wildman–Crippen MR) is 118 cm³/mol. The summed E-state index contributed by atoms with van der Waals surface area (Å²) < 4.78 is 1.75. The first-order valence-electron chi connectivity index (χ1n) is 10.1. The molecule has 0 radical (unpaired) electrons. The average molecular weight is 430 g/mol. The summed E-state index contributed by atoms with van der Waals surface area (Å²) in [5.74, 6) is -0.0706. The van der Waals surface area contributed by atoms with Crippen LogP contribution in [-0.2, 0) is 16.1 Å². The molecule has 0 unspecified atom stereocenters. The topological polar surface area (TPSA) is 70.5 Å². The molecule has 2 amide bonds. The summed E-state index contributed by atoms with van der Waals surface area (Å²) in [5.41, 5.74) is 3.87. The highest BCUT2D eigenvalue weighted by Crippen LogP contribution is 2.22. The van der Waals surface area contributed by atoms with Crippen molar-refractivity contribution >= 4 is 29.5 Å². The number of amides is 2. The number of hydrogen-bond donors (Lipinski definition) is 1. The van der Waals surface area contributed by atoms with Crippen LogP contribution in [0.4, 0.5) is 0 Å². The van der Waals surface area contributed by atoms with E-state index in [9.17, 15) is 9.59 Å². The summed E-state index contributed by atoms with van der Waals surface area (Å²) in [4.78, 5) is 27.9. The molecule has 0 spiro atoms. The van der Waals surface area contributed by atoms with Gasteiger partial charge in [0.25, 0.3) is 0 Å². The Bertz CT molecular complexity index is 928. The van der Waals surface area contributed by atoms with Crippen LogP contribution < -0.4 is 5.32 Å². The smallest absolute Gasteiger partial charge is 0.246 e. The molecule has 0 atom stereocenters. The van der Waals surface area contributed by atoms with Crippen LogP contribution in [0.2, 0.25) is 5.15 Å². The second-order valence-corrected chi connectivity index (χ2v) is 7.90. The highest BCUT2D eigenvalue weighted by Gasteiger charge is 2.21. The van der Waals surface area contributed by atoms with Gasteiger partial charge in [-0.05, 0) is 25.5 Å². The number of piperazine rings is 1. The molecule has 8 heteroatoms. The number of likely N-dealkylation sites (N-methyl/N-ethyl adjacent to an activating group) is 1. The van der Waals surface area contributed by atoms with Crippen molar-refractivity contribution in [1.82, 2.24) is 24.9 Å². The Morgan fingerprint density at radius 1 is 1.13 bits per heavy atom. The van der Waals surface area contributed by atoms with Gasteiger partial charge in [-0.3, -0.25) is 14.5 Å². The van der Waals surface area contributed by atoms with E-state index < -0.39 is 0 Å². The van der Waals surface area contributed by atoms with Crippen molar-refractivity contribution < 1.29 is 9.59 Å². The monoisotopic (exact) mass is 429 g/mol. The van der Waals surface area contributed by atoms with Crippen LogP contribution in [0.1, 0.15) is 22.4 Å². The molecule has 160 valence electrons. The third-order valence-corrected chi connectivity index (χ3v) is 5.68. The van der Waals surface area contributed by atoms with Crippen LogP contribution in [0.5, 0.6) is 0 Å². The number of carbonyl (C=O) groups excluding carboxylic acids is 2. The van der Waals surface area contributed by atoms with E-state index in [2.05, 4.69) is 41.6 Å². The molecule has 30 heavy (non-hydrogen) atoms. The minimum Gasteiger partial charge on any atom is -0.358 e. The number of hydrogen-bond acceptors (Lipinski definition) is 4. The standard InChI is InChI=1S/C22H28ClN5O2/c1-16-4-6-18(7-5-16)14-28-22(23)19(17(2)25-28)8-9-21(30)27-12-10-26(11-13-27)15-20(29)24-3/h4-9H,10-15H2,1-3H3,(H,24,29). The Balaban J connectivity index is 1.60. The zero-order chi connectivity index (χ0) is 21.7. The van der Waals surface area contributed by atoms with E-state index in [1.54, 1.807) is 28.8 Å². The number of halogens is 1. The maximum absolute atomic E-state index is 12.6. The molecule has 1 aliphatic rings. The van der Waals surface area contributed by atoms with Gasteiger partial charge in [0.1, 0.15) is 5.15 Å². The third-order valence-electron chi connectivity index (χ3n) is 5.28. The summed E-state index contributed by atoms with van der Waals surface area (Å²) in [6.45, 7) is 7.44. The predicted octanol–water partition coefficient (Wildman–Crippen LogP) is 2.11. The van der Waals surface area contributed by atoms with E-state index in [0.717, 1.165) is 16.8 Å². The van der Waals surface area contributed by atoms with Gasteiger partial charge >= 0.3 is 0 Å². The van der Waals surface area contributed by atoms with E-state index >= 15 is 0 Å². The normalized spacial score (nSPS) is 15.0. The van der Waals surface area contributed by atoms with Gasteiger partial charge in [0, 0.05) is 44.9 Å². The lowest BCUT2D eigenvalue weighted by molar-refractivity contribution is -0.128. The lowest BCUT2D eigenvalue weighted by Gasteiger charge is -2.33. The highest BCUT2D eigenvalue weighted by molar-refractivity contribution is 6.31. The molecule has 1 aliphatic heterocycles. The largest absolute Gasteiger partial charge is 0.358 e. The van der Waals surface area contributed by atoms with Crippen LogP contribution in [0.3, 0.4) is 0 Å². The van der Waals surface area contributed by atoms with Crippen molar-refractivity contribution in [3.8, 4) is 0 Å². The molecule has 2 aromatic rings. The van der Waals surface area contributed by atoms with Crippen molar-refractivity contribution in [3.05, 3.63) is 57.9 Å². The van der Waals surface area contributed by atoms with E-state index in [1.807, 2.05) is 11.8 Å². The van der Waals surface area contributed by atoms with Crippen molar-refractivity contribution in [3.63, 3.8) is 0 Å². The summed E-state index contributed by atoms with van der Waals surface area (Å²) in [5, 5.41) is 7.67. The van der Waals surface area contributed by atoms with Gasteiger partial charge in [0.05, 0.1) is 18.8 Å². The van der Waals surface area contributed by atoms with Gasteiger partial charge in [-0.15, -0.1) is 0 Å². The zero-order valence-corrected chi connectivity index (χ0v) is 18.4. The average Bonchev–Trinajstić information content (AvgIpc) is 3.00. The van der Waals surface area contributed by atoms with Gasteiger partial charge < -0.3 is 10.2 Å². The molecule has 3 rings (SSSR count). The van der Waals surface area contributed by atoms with E-state index in [0.29, 0.717) is 44.4 Å². The lowest BCUT2D eigenvalue weighted by atomic mass is 10.1. The number of aromatic nitrogens is 2. The van der Waals surface area contributed by atoms with Crippen LogP contribution in [0.15, 0.2) is 30.3 Å². The summed E-state index contributed by atoms with van der Waals surface area (Å²) >= 11 is 6.54. The number of rotatable bonds is 6. The van der Waals surface area contributed by atoms with E-state index in [1.165, 1.54) is 5.56 Å². The third kappa shape index (κ3) is 5.49. The molecule has 1 fully saturated rings. The highest BCUT2D eigenvalue weighted by atomic mass is 35.5. The van der Waals surface area contributed by atoms with Crippen molar-refractivity contribution in [2.24, 2.45) is 0 Å². The van der Waals surface area contributed by atoms with Gasteiger partial charge in [0.2, 0.25) is 11.8 Å². The van der Waals surface area contributed by atoms with Crippen LogP contribution in [-0.4, -0.2) is 71.2 Å². The quantitative estimate of drug-likeness (QED) is 0.714. The van der Waals surface area contributed by atoms with Gasteiger partial charge in [0.15, 0.2) is 0 Å². The fraction of sp³-hybridized carbons (Fsp3) is 0.409. The Morgan fingerprint density at radius 2 is 1.80 bits per heavy atom. The molecule has 2 heterocycles. The molecule has 0 saturated carbocycles. The SMILES string of the molecule is CNC(=O)CN1CCN(C(=O)C=Cc2c(C)nn(Cc3ccc(C)cc3)c2Cl)CC1. The van der Waals surface area contributed by atoms with Crippen molar-refractivity contribution in [2.75, 3.05) is 39.8 Å². The van der Waals surface area contributed by atoms with Gasteiger partial charge in [-0.25, -0.2) is 4.68 Å². The Labute approximate surface area is 182 Å². The first-order chi connectivity index (χ1) is 14.4. The first kappa shape index (κ1) is 22.1. The minimum atomic E-state index is -0.0589. The lowest BCUT2D eigenvalue weighted by Crippen LogP contribution is -2.50. The molecule has 0 bridgehead atoms. The second-order valence-electron chi connectivity index (χ2n) is 7.54. The Morgan fingerprint density at radius 3 is 2.43 bits per heavy atom. The zero-order valence-electron chi connectivity index (χ0n) is 17.7. The molecule has 1 N–H and O–H groups in total. The minimum absolute atomic E-state index is 0.0116. The van der Waals surface area contributed by atoms with Crippen molar-refractivity contribution in [2.45, 2.75) is 20.4 Å². The molecule has 1 aromatic carbocycles. The van der Waals surface area contributed by atoms with Gasteiger partial charge in [-0.1, -0.05) is 41.4 Å². The maximum atomic E-state index is 12.6. The second kappa shape index (κ2) is 9.91. The summed E-state index contributed by atoms with van der Waals surface area (Å²) in [6, 6.07) is 8.25. The first-order valence-corrected chi connectivity index (χ1v) is 10.4. The fourth-order valence-electron chi connectivity index (χ4n) is 3.40. The molecule has 0 aliphatic carbocycles. The number of nitrogens with zero attached hydrogens (tertiary/aromatic N) is 4. The number of carbonyl (C=O) groups is 2. The fourth-order valence-corrected chi connectivity index (χ4v) is 3.69. The molecule has 1 saturated heterocycles.